The zero-order chi connectivity index (χ0) is 19.8. The lowest BCUT2D eigenvalue weighted by Crippen LogP contribution is -2.26. The van der Waals surface area contributed by atoms with Crippen molar-refractivity contribution < 1.29 is 4.74 Å². The number of anilines is 1. The number of alkyl halides is 1. The molecule has 2 aromatic carbocycles. The molecule has 0 spiro atoms. The Morgan fingerprint density at radius 2 is 1.79 bits per heavy atom. The molecule has 0 aliphatic carbocycles. The van der Waals surface area contributed by atoms with Gasteiger partial charge < -0.3 is 15.0 Å². The fourth-order valence-electron chi connectivity index (χ4n) is 3.59. The van der Waals surface area contributed by atoms with Crippen LogP contribution < -0.4 is 10.1 Å². The number of benzene rings is 2. The number of unbranched alkanes of at least 4 members (excludes halogenated alkanes) is 2. The summed E-state index contributed by atoms with van der Waals surface area (Å²) in [5, 5.41) is 5.94. The molecule has 0 fully saturated rings. The number of nitrogens with zero attached hydrogens (tertiary/aromatic N) is 2. The van der Waals surface area contributed by atoms with Gasteiger partial charge in [0.2, 0.25) is 0 Å². The number of ether oxygens (including phenoxy) is 1. The van der Waals surface area contributed by atoms with E-state index in [0.717, 1.165) is 65.8 Å². The highest BCUT2D eigenvalue weighted by Gasteiger charge is 2.10. The summed E-state index contributed by atoms with van der Waals surface area (Å²) < 4.78 is 5.43. The van der Waals surface area contributed by atoms with Gasteiger partial charge in [-0.25, -0.2) is 4.98 Å². The van der Waals surface area contributed by atoms with Crippen molar-refractivity contribution in [1.29, 1.82) is 0 Å². The Morgan fingerprint density at radius 1 is 1.00 bits per heavy atom. The summed E-state index contributed by atoms with van der Waals surface area (Å²) in [5.41, 5.74) is 3.15. The van der Waals surface area contributed by atoms with Crippen LogP contribution in [0.15, 0.2) is 42.5 Å². The van der Waals surface area contributed by atoms with E-state index in [1.54, 1.807) is 7.11 Å². The summed E-state index contributed by atoms with van der Waals surface area (Å²) in [5.74, 6) is 1.56. The van der Waals surface area contributed by atoms with Crippen molar-refractivity contribution in [2.75, 3.05) is 44.5 Å². The minimum absolute atomic E-state index is 0. The maximum absolute atomic E-state index is 5.86. The van der Waals surface area contributed by atoms with Crippen molar-refractivity contribution in [2.24, 2.45) is 0 Å². The molecular formula is C23H31Cl2N3O. The average Bonchev–Trinajstić information content (AvgIpc) is 2.74. The first kappa shape index (κ1) is 23.5. The molecule has 0 radical (unpaired) electrons. The molecule has 1 N–H and O–H groups in total. The molecule has 1 heterocycles. The molecule has 6 heteroatoms. The number of nitrogens with one attached hydrogen (secondary N) is 1. The van der Waals surface area contributed by atoms with E-state index < -0.39 is 0 Å². The van der Waals surface area contributed by atoms with Crippen LogP contribution in [-0.2, 0) is 0 Å². The van der Waals surface area contributed by atoms with Gasteiger partial charge in [0.05, 0.1) is 23.8 Å². The lowest BCUT2D eigenvalue weighted by Gasteiger charge is -2.18. The molecule has 29 heavy (non-hydrogen) atoms. The third-order valence-electron chi connectivity index (χ3n) is 5.19. The zero-order valence-electron chi connectivity index (χ0n) is 17.3. The molecule has 3 aromatic rings. The van der Waals surface area contributed by atoms with Gasteiger partial charge in [-0.3, -0.25) is 0 Å². The number of fused-ring (bicyclic) bond motifs is 2. The average molecular weight is 436 g/mol. The van der Waals surface area contributed by atoms with Crippen molar-refractivity contribution in [2.45, 2.75) is 26.2 Å². The van der Waals surface area contributed by atoms with Crippen LogP contribution in [0.2, 0.25) is 0 Å². The van der Waals surface area contributed by atoms with Crippen LogP contribution in [0.1, 0.15) is 26.2 Å². The van der Waals surface area contributed by atoms with E-state index in [0.29, 0.717) is 5.88 Å². The van der Waals surface area contributed by atoms with E-state index >= 15 is 0 Å². The predicted octanol–water partition coefficient (Wildman–Crippen LogP) is 5.96. The van der Waals surface area contributed by atoms with E-state index in [4.69, 9.17) is 21.3 Å². The molecule has 0 aliphatic heterocycles. The van der Waals surface area contributed by atoms with Gasteiger partial charge in [-0.1, -0.05) is 31.5 Å². The van der Waals surface area contributed by atoms with Crippen molar-refractivity contribution in [3.05, 3.63) is 42.5 Å². The van der Waals surface area contributed by atoms with Gasteiger partial charge in [-0.2, -0.15) is 0 Å². The van der Waals surface area contributed by atoms with E-state index in [1.807, 2.05) is 18.2 Å². The highest BCUT2D eigenvalue weighted by molar-refractivity contribution is 6.18. The Morgan fingerprint density at radius 3 is 2.55 bits per heavy atom. The van der Waals surface area contributed by atoms with Crippen molar-refractivity contribution in [1.82, 2.24) is 9.88 Å². The first-order valence-electron chi connectivity index (χ1n) is 10.2. The maximum Gasteiger partial charge on any atom is 0.119 e. The number of aromatic nitrogens is 1. The van der Waals surface area contributed by atoms with Crippen LogP contribution in [0.25, 0.3) is 21.8 Å². The summed E-state index contributed by atoms with van der Waals surface area (Å²) >= 11 is 5.86. The SMILES string of the molecule is CCN(CCCl)CCCCCNc1c2ccccc2nc2ccc(OC)cc12.Cl. The number of hydrogen-bond donors (Lipinski definition) is 1. The summed E-state index contributed by atoms with van der Waals surface area (Å²) in [6.07, 6.45) is 3.55. The van der Waals surface area contributed by atoms with Gasteiger partial charge in [0.15, 0.2) is 0 Å². The van der Waals surface area contributed by atoms with Gasteiger partial charge in [0.25, 0.3) is 0 Å². The molecule has 158 valence electrons. The molecule has 1 aromatic heterocycles. The van der Waals surface area contributed by atoms with Gasteiger partial charge in [-0.15, -0.1) is 24.0 Å². The summed E-state index contributed by atoms with van der Waals surface area (Å²) in [6.45, 7) is 6.32. The standard InChI is InChI=1S/C23H30ClN3O.ClH/c1-3-27(16-13-24)15-8-4-7-14-25-23-19-9-5-6-10-21(19)26-22-12-11-18(28-2)17-20(22)23;/h5-6,9-12,17H,3-4,7-8,13-16H2,1-2H3,(H,25,26);1H. The van der Waals surface area contributed by atoms with Crippen LogP contribution in [0, 0.1) is 0 Å². The zero-order valence-corrected chi connectivity index (χ0v) is 18.9. The number of hydrogen-bond acceptors (Lipinski definition) is 4. The second kappa shape index (κ2) is 12.1. The quantitative estimate of drug-likeness (QED) is 0.229. The van der Waals surface area contributed by atoms with Crippen molar-refractivity contribution >= 4 is 51.5 Å². The summed E-state index contributed by atoms with van der Waals surface area (Å²) in [7, 11) is 1.70. The number of halogens is 2. The van der Waals surface area contributed by atoms with Crippen LogP contribution in [-0.4, -0.2) is 49.1 Å². The Hall–Kier alpha value is -1.75. The Kier molecular flexibility index (Phi) is 9.79. The normalized spacial score (nSPS) is 11.0. The maximum atomic E-state index is 5.86. The fraction of sp³-hybridized carbons (Fsp3) is 0.435. The molecule has 4 nitrogen and oxygen atoms in total. The third kappa shape index (κ3) is 6.11. The molecule has 0 bridgehead atoms. The predicted molar refractivity (Wildman–Crippen MR) is 128 cm³/mol. The highest BCUT2D eigenvalue weighted by Crippen LogP contribution is 2.33. The lowest BCUT2D eigenvalue weighted by atomic mass is 10.1. The molecule has 3 rings (SSSR count). The first-order chi connectivity index (χ1) is 13.8. The Labute approximate surface area is 185 Å². The van der Waals surface area contributed by atoms with Crippen LogP contribution in [0.4, 0.5) is 5.69 Å². The van der Waals surface area contributed by atoms with Crippen LogP contribution in [0.3, 0.4) is 0 Å². The lowest BCUT2D eigenvalue weighted by molar-refractivity contribution is 0.298. The van der Waals surface area contributed by atoms with E-state index in [1.165, 1.54) is 12.8 Å². The molecule has 0 saturated carbocycles. The second-order valence-corrected chi connectivity index (χ2v) is 7.38. The van der Waals surface area contributed by atoms with E-state index in [2.05, 4.69) is 41.4 Å². The van der Waals surface area contributed by atoms with Crippen LogP contribution >= 0.6 is 24.0 Å². The molecule has 0 atom stereocenters. The number of rotatable bonds is 11. The fourth-order valence-corrected chi connectivity index (χ4v) is 3.82. The van der Waals surface area contributed by atoms with Gasteiger partial charge in [0, 0.05) is 29.7 Å². The van der Waals surface area contributed by atoms with Crippen LogP contribution in [0.5, 0.6) is 5.75 Å². The summed E-state index contributed by atoms with van der Waals surface area (Å²) in [4.78, 5) is 7.22. The molecule has 0 aliphatic rings. The molecular weight excluding hydrogens is 405 g/mol. The monoisotopic (exact) mass is 435 g/mol. The van der Waals surface area contributed by atoms with E-state index in [-0.39, 0.29) is 12.4 Å². The first-order valence-corrected chi connectivity index (χ1v) is 10.7. The number of para-hydroxylation sites is 1. The van der Waals surface area contributed by atoms with Gasteiger partial charge >= 0.3 is 0 Å². The van der Waals surface area contributed by atoms with Gasteiger partial charge in [-0.05, 0) is 50.2 Å². The smallest absolute Gasteiger partial charge is 0.119 e. The second-order valence-electron chi connectivity index (χ2n) is 7.00. The third-order valence-corrected chi connectivity index (χ3v) is 5.36. The molecule has 0 amide bonds. The number of methoxy groups -OCH3 is 1. The summed E-state index contributed by atoms with van der Waals surface area (Å²) in [6, 6.07) is 14.4. The highest BCUT2D eigenvalue weighted by atomic mass is 35.5. The van der Waals surface area contributed by atoms with E-state index in [9.17, 15) is 0 Å². The minimum Gasteiger partial charge on any atom is -0.497 e. The molecule has 0 unspecified atom stereocenters. The minimum atomic E-state index is 0. The van der Waals surface area contributed by atoms with Crippen molar-refractivity contribution in [3.63, 3.8) is 0 Å². The Bertz CT molecular complexity index is 904. The largest absolute Gasteiger partial charge is 0.497 e. The Balaban J connectivity index is 0.00000300. The molecule has 0 saturated heterocycles. The topological polar surface area (TPSA) is 37.4 Å². The van der Waals surface area contributed by atoms with Gasteiger partial charge in [0.1, 0.15) is 5.75 Å². The van der Waals surface area contributed by atoms with Crippen molar-refractivity contribution in [3.8, 4) is 5.75 Å². The number of pyridine rings is 1.